The summed E-state index contributed by atoms with van der Waals surface area (Å²) in [5, 5.41) is 14.2. The third-order valence-electron chi connectivity index (χ3n) is 2.43. The van der Waals surface area contributed by atoms with E-state index in [1.165, 1.54) is 0 Å². The van der Waals surface area contributed by atoms with E-state index in [9.17, 15) is 5.11 Å². The molecule has 0 saturated carbocycles. The van der Waals surface area contributed by atoms with E-state index in [4.69, 9.17) is 4.74 Å². The van der Waals surface area contributed by atoms with Crippen LogP contribution in [0.3, 0.4) is 0 Å². The van der Waals surface area contributed by atoms with Gasteiger partial charge in [-0.05, 0) is 54.9 Å². The molecular formula is C12H10Br2O2S. The summed E-state index contributed by atoms with van der Waals surface area (Å²) >= 11 is 8.39. The molecule has 5 heteroatoms. The Balaban J connectivity index is 2.35. The lowest BCUT2D eigenvalue weighted by Crippen LogP contribution is -1.99. The standard InChI is InChI=1S/C12H10Br2O2S/c1-16-11-3-2-7(4-9(11)13)12(15)8-5-17-6-10(8)14/h2-6,12,15H,1H3. The lowest BCUT2D eigenvalue weighted by Gasteiger charge is -2.12. The van der Waals surface area contributed by atoms with Crippen molar-refractivity contribution in [2.75, 3.05) is 7.11 Å². The highest BCUT2D eigenvalue weighted by atomic mass is 79.9. The van der Waals surface area contributed by atoms with Crippen LogP contribution in [0, 0.1) is 0 Å². The highest BCUT2D eigenvalue weighted by molar-refractivity contribution is 9.10. The van der Waals surface area contributed by atoms with Crippen LogP contribution >= 0.6 is 43.2 Å². The van der Waals surface area contributed by atoms with Gasteiger partial charge in [-0.1, -0.05) is 6.07 Å². The summed E-state index contributed by atoms with van der Waals surface area (Å²) in [6.07, 6.45) is -0.627. The summed E-state index contributed by atoms with van der Waals surface area (Å²) < 4.78 is 6.93. The van der Waals surface area contributed by atoms with Crippen molar-refractivity contribution >= 4 is 43.2 Å². The van der Waals surface area contributed by atoms with Crippen LogP contribution in [0.15, 0.2) is 37.9 Å². The van der Waals surface area contributed by atoms with Crippen molar-refractivity contribution in [1.82, 2.24) is 0 Å². The van der Waals surface area contributed by atoms with Crippen LogP contribution in [0.5, 0.6) is 5.75 Å². The first kappa shape index (κ1) is 13.1. The molecule has 2 nitrogen and oxygen atoms in total. The van der Waals surface area contributed by atoms with Crippen LogP contribution < -0.4 is 4.74 Å². The molecule has 0 aliphatic rings. The van der Waals surface area contributed by atoms with Crippen LogP contribution in [-0.2, 0) is 0 Å². The molecule has 0 amide bonds. The number of ether oxygens (including phenoxy) is 1. The van der Waals surface area contributed by atoms with Crippen molar-refractivity contribution in [3.8, 4) is 5.75 Å². The van der Waals surface area contributed by atoms with Crippen LogP contribution in [0.1, 0.15) is 17.2 Å². The van der Waals surface area contributed by atoms with Gasteiger partial charge in [0.15, 0.2) is 0 Å². The SMILES string of the molecule is COc1ccc(C(O)c2cscc2Br)cc1Br. The van der Waals surface area contributed by atoms with Crippen LogP contribution in [0.25, 0.3) is 0 Å². The van der Waals surface area contributed by atoms with Crippen molar-refractivity contribution in [3.63, 3.8) is 0 Å². The summed E-state index contributed by atoms with van der Waals surface area (Å²) in [6.45, 7) is 0. The lowest BCUT2D eigenvalue weighted by molar-refractivity contribution is 0.220. The zero-order valence-corrected chi connectivity index (χ0v) is 13.0. The Kier molecular flexibility index (Phi) is 4.25. The predicted octanol–water partition coefficient (Wildman–Crippen LogP) is 4.36. The maximum absolute atomic E-state index is 10.3. The van der Waals surface area contributed by atoms with E-state index in [-0.39, 0.29) is 0 Å². The Hall–Kier alpha value is -0.360. The van der Waals surface area contributed by atoms with Gasteiger partial charge < -0.3 is 9.84 Å². The normalized spacial score (nSPS) is 12.5. The molecule has 0 aliphatic carbocycles. The van der Waals surface area contributed by atoms with Gasteiger partial charge in [-0.15, -0.1) is 0 Å². The monoisotopic (exact) mass is 376 g/mol. The molecule has 1 N–H and O–H groups in total. The fourth-order valence-electron chi connectivity index (χ4n) is 1.52. The van der Waals surface area contributed by atoms with Gasteiger partial charge in [-0.3, -0.25) is 0 Å². The van der Waals surface area contributed by atoms with Gasteiger partial charge >= 0.3 is 0 Å². The zero-order valence-electron chi connectivity index (χ0n) is 8.98. The molecule has 1 aromatic heterocycles. The minimum absolute atomic E-state index is 0.627. The Morgan fingerprint density at radius 2 is 2.00 bits per heavy atom. The average Bonchev–Trinajstić information content (AvgIpc) is 2.74. The topological polar surface area (TPSA) is 29.5 Å². The quantitative estimate of drug-likeness (QED) is 0.860. The van der Waals surface area contributed by atoms with E-state index in [0.717, 1.165) is 25.8 Å². The van der Waals surface area contributed by atoms with E-state index < -0.39 is 6.10 Å². The average molecular weight is 378 g/mol. The van der Waals surface area contributed by atoms with Gasteiger partial charge in [0.25, 0.3) is 0 Å². The number of benzene rings is 1. The maximum Gasteiger partial charge on any atom is 0.133 e. The number of hydrogen-bond donors (Lipinski definition) is 1. The first-order valence-corrected chi connectivity index (χ1v) is 7.39. The van der Waals surface area contributed by atoms with Crippen molar-refractivity contribution in [1.29, 1.82) is 0 Å². The Bertz CT molecular complexity index is 525. The molecule has 1 heterocycles. The van der Waals surface area contributed by atoms with Gasteiger partial charge in [0.05, 0.1) is 11.6 Å². The van der Waals surface area contributed by atoms with Gasteiger partial charge in [0, 0.05) is 15.4 Å². The number of methoxy groups -OCH3 is 1. The molecule has 2 aromatic rings. The smallest absolute Gasteiger partial charge is 0.133 e. The van der Waals surface area contributed by atoms with Crippen LogP contribution in [0.2, 0.25) is 0 Å². The van der Waals surface area contributed by atoms with Crippen molar-refractivity contribution in [2.45, 2.75) is 6.10 Å². The first-order valence-electron chi connectivity index (χ1n) is 4.86. The summed E-state index contributed by atoms with van der Waals surface area (Å²) in [5.41, 5.74) is 1.71. The fourth-order valence-corrected chi connectivity index (χ4v) is 3.61. The van der Waals surface area contributed by atoms with E-state index in [1.54, 1.807) is 18.4 Å². The van der Waals surface area contributed by atoms with E-state index >= 15 is 0 Å². The zero-order chi connectivity index (χ0) is 12.4. The number of aliphatic hydroxyl groups is 1. The predicted molar refractivity (Wildman–Crippen MR) is 76.8 cm³/mol. The Morgan fingerprint density at radius 1 is 1.24 bits per heavy atom. The Labute approximate surface area is 121 Å². The lowest BCUT2D eigenvalue weighted by atomic mass is 10.0. The molecule has 0 bridgehead atoms. The molecule has 1 aromatic carbocycles. The molecule has 0 radical (unpaired) electrons. The van der Waals surface area contributed by atoms with E-state index in [1.807, 2.05) is 29.0 Å². The van der Waals surface area contributed by atoms with Gasteiger partial charge in [0.1, 0.15) is 11.9 Å². The highest BCUT2D eigenvalue weighted by Crippen LogP contribution is 2.34. The summed E-state index contributed by atoms with van der Waals surface area (Å²) in [4.78, 5) is 0. The molecule has 0 fully saturated rings. The number of rotatable bonds is 3. The maximum atomic E-state index is 10.3. The second kappa shape index (κ2) is 5.52. The van der Waals surface area contributed by atoms with E-state index in [0.29, 0.717) is 0 Å². The number of thiophene rings is 1. The van der Waals surface area contributed by atoms with Gasteiger partial charge in [-0.25, -0.2) is 0 Å². The molecule has 17 heavy (non-hydrogen) atoms. The first-order chi connectivity index (χ1) is 8.13. The molecule has 1 unspecified atom stereocenters. The van der Waals surface area contributed by atoms with E-state index in [2.05, 4.69) is 31.9 Å². The molecular weight excluding hydrogens is 368 g/mol. The fraction of sp³-hybridized carbons (Fsp3) is 0.167. The van der Waals surface area contributed by atoms with Crippen LogP contribution in [-0.4, -0.2) is 12.2 Å². The minimum Gasteiger partial charge on any atom is -0.496 e. The van der Waals surface area contributed by atoms with Gasteiger partial charge in [-0.2, -0.15) is 11.3 Å². The second-order valence-corrected chi connectivity index (χ2v) is 5.92. The molecule has 2 rings (SSSR count). The Morgan fingerprint density at radius 3 is 2.53 bits per heavy atom. The third kappa shape index (κ3) is 2.73. The number of halogens is 2. The largest absolute Gasteiger partial charge is 0.496 e. The minimum atomic E-state index is -0.627. The summed E-state index contributed by atoms with van der Waals surface area (Å²) in [5.74, 6) is 0.755. The second-order valence-electron chi connectivity index (χ2n) is 3.47. The molecule has 1 atom stereocenters. The highest BCUT2D eigenvalue weighted by Gasteiger charge is 2.15. The molecule has 0 aliphatic heterocycles. The van der Waals surface area contributed by atoms with Crippen molar-refractivity contribution in [3.05, 3.63) is 49.0 Å². The molecule has 0 spiro atoms. The number of hydrogen-bond acceptors (Lipinski definition) is 3. The molecule has 0 saturated heterocycles. The van der Waals surface area contributed by atoms with Gasteiger partial charge in [0.2, 0.25) is 0 Å². The number of aliphatic hydroxyl groups excluding tert-OH is 1. The van der Waals surface area contributed by atoms with Crippen LogP contribution in [0.4, 0.5) is 0 Å². The third-order valence-corrected chi connectivity index (χ3v) is 4.80. The summed E-state index contributed by atoms with van der Waals surface area (Å²) in [6, 6.07) is 5.56. The van der Waals surface area contributed by atoms with Crippen molar-refractivity contribution < 1.29 is 9.84 Å². The molecule has 90 valence electrons. The van der Waals surface area contributed by atoms with Crippen molar-refractivity contribution in [2.24, 2.45) is 0 Å². The summed E-state index contributed by atoms with van der Waals surface area (Å²) in [7, 11) is 1.62.